The molecule has 1 saturated heterocycles. The van der Waals surface area contributed by atoms with Crippen LogP contribution in [0.1, 0.15) is 37.1 Å². The van der Waals surface area contributed by atoms with E-state index in [1.165, 1.54) is 6.92 Å². The predicted molar refractivity (Wildman–Crippen MR) is 93.0 cm³/mol. The first-order valence-corrected chi connectivity index (χ1v) is 8.39. The van der Waals surface area contributed by atoms with Gasteiger partial charge in [0.1, 0.15) is 0 Å². The van der Waals surface area contributed by atoms with Gasteiger partial charge in [-0.2, -0.15) is 0 Å². The summed E-state index contributed by atoms with van der Waals surface area (Å²) in [4.78, 5) is 15.2. The minimum absolute atomic E-state index is 0.0458. The Bertz CT molecular complexity index is 772. The van der Waals surface area contributed by atoms with E-state index in [4.69, 9.17) is 5.11 Å². The Morgan fingerprint density at radius 2 is 2.16 bits per heavy atom. The minimum Gasteiger partial charge on any atom is -0.465 e. The van der Waals surface area contributed by atoms with Crippen LogP contribution < -0.4 is 10.6 Å². The fourth-order valence-corrected chi connectivity index (χ4v) is 3.37. The lowest BCUT2D eigenvalue weighted by Crippen LogP contribution is -2.37. The summed E-state index contributed by atoms with van der Waals surface area (Å²) in [7, 11) is 0. The van der Waals surface area contributed by atoms with E-state index in [1.807, 2.05) is 24.3 Å². The van der Waals surface area contributed by atoms with Gasteiger partial charge in [0.05, 0.1) is 11.2 Å². The highest BCUT2D eigenvalue weighted by Crippen LogP contribution is 2.32. The first-order valence-electron chi connectivity index (χ1n) is 8.39. The highest BCUT2D eigenvalue weighted by Gasteiger charge is 2.26. The molecule has 7 nitrogen and oxygen atoms in total. The average Bonchev–Trinajstić information content (AvgIpc) is 2.58. The van der Waals surface area contributed by atoms with Crippen molar-refractivity contribution < 1.29 is 20.1 Å². The molecule has 0 spiro atoms. The topological polar surface area (TPSA) is 115 Å². The Kier molecular flexibility index (Phi) is 4.89. The number of hydrogen-bond acceptors (Lipinski definition) is 5. The van der Waals surface area contributed by atoms with E-state index < -0.39 is 11.9 Å². The lowest BCUT2D eigenvalue weighted by atomic mass is 9.87. The van der Waals surface area contributed by atoms with Crippen LogP contribution in [0.5, 0.6) is 0 Å². The second-order valence-corrected chi connectivity index (χ2v) is 6.72. The van der Waals surface area contributed by atoms with E-state index in [0.717, 1.165) is 35.9 Å². The summed E-state index contributed by atoms with van der Waals surface area (Å²) < 4.78 is 0. The van der Waals surface area contributed by atoms with Gasteiger partial charge in [0, 0.05) is 18.0 Å². The molecule has 3 rings (SSSR count). The van der Waals surface area contributed by atoms with Crippen LogP contribution in [0.3, 0.4) is 0 Å². The third-order valence-corrected chi connectivity index (χ3v) is 4.67. The summed E-state index contributed by atoms with van der Waals surface area (Å²) in [6.07, 6.45) is 0.698. The van der Waals surface area contributed by atoms with Gasteiger partial charge in [-0.15, -0.1) is 0 Å². The van der Waals surface area contributed by atoms with Crippen molar-refractivity contribution in [1.29, 1.82) is 0 Å². The van der Waals surface area contributed by atoms with Gasteiger partial charge >= 0.3 is 6.09 Å². The molecule has 1 aliphatic rings. The molecular weight excluding hydrogens is 322 g/mol. The lowest BCUT2D eigenvalue weighted by Gasteiger charge is -2.31. The van der Waals surface area contributed by atoms with Crippen molar-refractivity contribution >= 4 is 17.0 Å². The van der Waals surface area contributed by atoms with Crippen LogP contribution in [-0.4, -0.2) is 39.5 Å². The number of carbonyl (C=O) groups is 1. The highest BCUT2D eigenvalue weighted by molar-refractivity contribution is 5.82. The maximum atomic E-state index is 10.7. The van der Waals surface area contributed by atoms with Crippen LogP contribution in [0, 0.1) is 5.92 Å². The summed E-state index contributed by atoms with van der Waals surface area (Å²) in [5, 5.41) is 35.3. The van der Waals surface area contributed by atoms with Crippen LogP contribution in [0.15, 0.2) is 30.3 Å². The molecule has 2 heterocycles. The minimum atomic E-state index is -1.99. The van der Waals surface area contributed by atoms with Gasteiger partial charge in [0.25, 0.3) is 0 Å². The van der Waals surface area contributed by atoms with Gasteiger partial charge in [-0.3, -0.25) is 0 Å². The number of benzene rings is 1. The van der Waals surface area contributed by atoms with Gasteiger partial charge in [0.15, 0.2) is 0 Å². The van der Waals surface area contributed by atoms with Crippen molar-refractivity contribution in [2.24, 2.45) is 5.92 Å². The van der Waals surface area contributed by atoms with Crippen molar-refractivity contribution in [3.05, 3.63) is 41.6 Å². The smallest absolute Gasteiger partial charge is 0.404 e. The molecule has 2 aromatic rings. The normalized spacial score (nSPS) is 21.2. The molecular formula is C18H23N3O4. The van der Waals surface area contributed by atoms with E-state index in [1.54, 1.807) is 6.07 Å². The molecule has 1 aliphatic heterocycles. The third-order valence-electron chi connectivity index (χ3n) is 4.67. The Balaban J connectivity index is 1.90. The number of aliphatic hydroxyl groups is 2. The molecule has 1 aromatic carbocycles. The van der Waals surface area contributed by atoms with E-state index in [2.05, 4.69) is 15.6 Å². The predicted octanol–water partition coefficient (Wildman–Crippen LogP) is 1.70. The monoisotopic (exact) mass is 345 g/mol. The first-order chi connectivity index (χ1) is 11.8. The molecule has 2 unspecified atom stereocenters. The van der Waals surface area contributed by atoms with E-state index in [-0.39, 0.29) is 17.7 Å². The zero-order chi connectivity index (χ0) is 18.0. The summed E-state index contributed by atoms with van der Waals surface area (Å²) in [5.74, 6) is -1.74. The van der Waals surface area contributed by atoms with E-state index >= 15 is 0 Å². The molecule has 2 atom stereocenters. The van der Waals surface area contributed by atoms with Gasteiger partial charge in [-0.25, -0.2) is 9.78 Å². The van der Waals surface area contributed by atoms with Gasteiger partial charge in [-0.1, -0.05) is 24.3 Å². The fourth-order valence-electron chi connectivity index (χ4n) is 3.37. The summed E-state index contributed by atoms with van der Waals surface area (Å²) in [6.45, 7) is 2.52. The summed E-state index contributed by atoms with van der Waals surface area (Å²) >= 11 is 0. The molecule has 134 valence electrons. The van der Waals surface area contributed by atoms with Crippen LogP contribution in [0.4, 0.5) is 4.79 Å². The molecule has 1 fully saturated rings. The molecule has 7 heteroatoms. The number of piperidine rings is 1. The van der Waals surface area contributed by atoms with Crippen molar-refractivity contribution in [1.82, 2.24) is 15.6 Å². The molecule has 0 bridgehead atoms. The standard InChI is InChI=1S/C18H23N3O4/c1-18(24,25)15-6-5-12-3-2-4-13(16(12)21-15)14-9-11(7-8-19-14)10-20-17(22)23/h2-6,11,14,19-20,24-25H,7-10H2,1H3,(H,22,23). The highest BCUT2D eigenvalue weighted by atomic mass is 16.5. The number of rotatable bonds is 4. The first kappa shape index (κ1) is 17.6. The van der Waals surface area contributed by atoms with Gasteiger partial charge in [-0.05, 0) is 43.9 Å². The van der Waals surface area contributed by atoms with E-state index in [9.17, 15) is 15.0 Å². The SMILES string of the molecule is CC(O)(O)c1ccc2cccc(C3CC(CNC(=O)O)CCN3)c2n1. The number of nitrogens with zero attached hydrogens (tertiary/aromatic N) is 1. The molecule has 25 heavy (non-hydrogen) atoms. The number of fused-ring (bicyclic) bond motifs is 1. The van der Waals surface area contributed by atoms with Crippen LogP contribution in [0.2, 0.25) is 0 Å². The van der Waals surface area contributed by atoms with Crippen LogP contribution in [0.25, 0.3) is 10.9 Å². The lowest BCUT2D eigenvalue weighted by molar-refractivity contribution is -0.155. The Hall–Kier alpha value is -2.22. The van der Waals surface area contributed by atoms with Crippen molar-refractivity contribution in [2.75, 3.05) is 13.1 Å². The van der Waals surface area contributed by atoms with Crippen molar-refractivity contribution in [3.63, 3.8) is 0 Å². The number of carboxylic acid groups (broad SMARTS) is 1. The fraction of sp³-hybridized carbons (Fsp3) is 0.444. The molecule has 1 aromatic heterocycles. The van der Waals surface area contributed by atoms with Crippen LogP contribution >= 0.6 is 0 Å². The van der Waals surface area contributed by atoms with E-state index in [0.29, 0.717) is 6.54 Å². The van der Waals surface area contributed by atoms with Gasteiger partial charge < -0.3 is 26.0 Å². The summed E-state index contributed by atoms with van der Waals surface area (Å²) in [6, 6.07) is 9.36. The average molecular weight is 345 g/mol. The number of nitrogens with one attached hydrogen (secondary N) is 2. The molecule has 0 saturated carbocycles. The maximum absolute atomic E-state index is 10.7. The molecule has 1 amide bonds. The number of pyridine rings is 1. The zero-order valence-corrected chi connectivity index (χ0v) is 14.1. The number of para-hydroxylation sites is 1. The summed E-state index contributed by atoms with van der Waals surface area (Å²) in [5.41, 5.74) is 1.93. The quantitative estimate of drug-likeness (QED) is 0.539. The molecule has 5 N–H and O–H groups in total. The second kappa shape index (κ2) is 6.95. The third kappa shape index (κ3) is 4.07. The largest absolute Gasteiger partial charge is 0.465 e. The molecule has 0 aliphatic carbocycles. The number of hydrogen-bond donors (Lipinski definition) is 5. The Morgan fingerprint density at radius 1 is 1.36 bits per heavy atom. The number of aromatic nitrogens is 1. The number of amides is 1. The van der Waals surface area contributed by atoms with Crippen LogP contribution in [-0.2, 0) is 5.79 Å². The van der Waals surface area contributed by atoms with Gasteiger partial charge in [0.2, 0.25) is 5.79 Å². The second-order valence-electron chi connectivity index (χ2n) is 6.72. The van der Waals surface area contributed by atoms with Crippen molar-refractivity contribution in [3.8, 4) is 0 Å². The van der Waals surface area contributed by atoms with Crippen molar-refractivity contribution in [2.45, 2.75) is 31.6 Å². The maximum Gasteiger partial charge on any atom is 0.404 e. The Morgan fingerprint density at radius 3 is 2.88 bits per heavy atom. The zero-order valence-electron chi connectivity index (χ0n) is 14.1. The Labute approximate surface area is 145 Å². The molecule has 0 radical (unpaired) electrons.